The van der Waals surface area contributed by atoms with Gasteiger partial charge in [0.25, 0.3) is 5.91 Å². The van der Waals surface area contributed by atoms with Crippen molar-refractivity contribution in [2.75, 3.05) is 10.6 Å². The van der Waals surface area contributed by atoms with Crippen LogP contribution in [0.25, 0.3) is 0 Å². The standard InChI is InChI=1S/C19H16F2N4O/c1-11-5-12(2)7-15(6-11)24-19-22-9-13(10-23-19)18(26)25-17-4-3-14(20)8-16(17)21/h3-10H,1-2H3,(H,25,26)(H,22,23,24). The summed E-state index contributed by atoms with van der Waals surface area (Å²) in [6.07, 6.45) is 2.66. The van der Waals surface area contributed by atoms with Gasteiger partial charge in [-0.2, -0.15) is 0 Å². The quantitative estimate of drug-likeness (QED) is 0.730. The van der Waals surface area contributed by atoms with Crippen molar-refractivity contribution in [2.24, 2.45) is 0 Å². The second-order valence-electron chi connectivity index (χ2n) is 5.88. The number of rotatable bonds is 4. The Morgan fingerprint density at radius 3 is 2.23 bits per heavy atom. The number of hydrogen-bond acceptors (Lipinski definition) is 4. The molecule has 132 valence electrons. The van der Waals surface area contributed by atoms with Crippen molar-refractivity contribution in [1.82, 2.24) is 9.97 Å². The van der Waals surface area contributed by atoms with Gasteiger partial charge in [0.2, 0.25) is 5.95 Å². The molecule has 3 aromatic rings. The van der Waals surface area contributed by atoms with Crippen LogP contribution in [0.15, 0.2) is 48.8 Å². The summed E-state index contributed by atoms with van der Waals surface area (Å²) >= 11 is 0. The number of benzene rings is 2. The molecule has 0 aliphatic carbocycles. The summed E-state index contributed by atoms with van der Waals surface area (Å²) in [6.45, 7) is 3.97. The lowest BCUT2D eigenvalue weighted by Gasteiger charge is -2.08. The van der Waals surface area contributed by atoms with Crippen molar-refractivity contribution < 1.29 is 13.6 Å². The third-order valence-electron chi connectivity index (χ3n) is 3.57. The Morgan fingerprint density at radius 1 is 0.962 bits per heavy atom. The van der Waals surface area contributed by atoms with E-state index in [0.717, 1.165) is 28.9 Å². The van der Waals surface area contributed by atoms with Gasteiger partial charge in [-0.1, -0.05) is 6.07 Å². The fourth-order valence-corrected chi connectivity index (χ4v) is 2.47. The first-order valence-electron chi connectivity index (χ1n) is 7.84. The van der Waals surface area contributed by atoms with E-state index in [1.807, 2.05) is 32.0 Å². The maximum atomic E-state index is 13.6. The maximum absolute atomic E-state index is 13.6. The second-order valence-corrected chi connectivity index (χ2v) is 5.88. The Kier molecular flexibility index (Phi) is 4.88. The number of nitrogens with zero attached hydrogens (tertiary/aromatic N) is 2. The number of halogens is 2. The molecule has 3 rings (SSSR count). The minimum absolute atomic E-state index is 0.117. The van der Waals surface area contributed by atoms with Gasteiger partial charge in [0.1, 0.15) is 11.6 Å². The molecule has 0 unspecified atom stereocenters. The van der Waals surface area contributed by atoms with E-state index in [0.29, 0.717) is 12.0 Å². The fourth-order valence-electron chi connectivity index (χ4n) is 2.47. The molecule has 0 aliphatic heterocycles. The van der Waals surface area contributed by atoms with E-state index in [9.17, 15) is 13.6 Å². The molecule has 0 bridgehead atoms. The first kappa shape index (κ1) is 17.5. The van der Waals surface area contributed by atoms with Gasteiger partial charge in [0.15, 0.2) is 0 Å². The highest BCUT2D eigenvalue weighted by Gasteiger charge is 2.11. The molecule has 26 heavy (non-hydrogen) atoms. The van der Waals surface area contributed by atoms with Crippen LogP contribution in [-0.4, -0.2) is 15.9 Å². The van der Waals surface area contributed by atoms with E-state index >= 15 is 0 Å². The molecule has 0 atom stereocenters. The van der Waals surface area contributed by atoms with Crippen molar-refractivity contribution in [3.8, 4) is 0 Å². The largest absolute Gasteiger partial charge is 0.324 e. The van der Waals surface area contributed by atoms with E-state index in [-0.39, 0.29) is 11.3 Å². The van der Waals surface area contributed by atoms with Gasteiger partial charge in [-0.25, -0.2) is 18.7 Å². The summed E-state index contributed by atoms with van der Waals surface area (Å²) in [5.41, 5.74) is 3.08. The molecule has 7 heteroatoms. The molecular weight excluding hydrogens is 338 g/mol. The Hall–Kier alpha value is -3.35. The summed E-state index contributed by atoms with van der Waals surface area (Å²) in [5, 5.41) is 5.42. The molecular formula is C19H16F2N4O. The molecule has 0 aliphatic rings. The van der Waals surface area contributed by atoms with Crippen LogP contribution in [0.3, 0.4) is 0 Å². The van der Waals surface area contributed by atoms with Crippen LogP contribution in [0.4, 0.5) is 26.1 Å². The molecule has 1 heterocycles. The lowest BCUT2D eigenvalue weighted by atomic mass is 10.1. The third-order valence-corrected chi connectivity index (χ3v) is 3.57. The van der Waals surface area contributed by atoms with Crippen molar-refractivity contribution in [2.45, 2.75) is 13.8 Å². The van der Waals surface area contributed by atoms with Crippen LogP contribution in [0.2, 0.25) is 0 Å². The highest BCUT2D eigenvalue weighted by molar-refractivity contribution is 6.03. The monoisotopic (exact) mass is 354 g/mol. The van der Waals surface area contributed by atoms with Crippen LogP contribution >= 0.6 is 0 Å². The molecule has 2 aromatic carbocycles. The molecule has 5 nitrogen and oxygen atoms in total. The topological polar surface area (TPSA) is 66.9 Å². The van der Waals surface area contributed by atoms with Crippen molar-refractivity contribution >= 4 is 23.2 Å². The van der Waals surface area contributed by atoms with E-state index in [1.54, 1.807) is 0 Å². The number of aromatic nitrogens is 2. The number of aryl methyl sites for hydroxylation is 2. The Bertz CT molecular complexity index is 938. The predicted molar refractivity (Wildman–Crippen MR) is 95.5 cm³/mol. The summed E-state index contributed by atoms with van der Waals surface area (Å²) in [6, 6.07) is 8.87. The number of carbonyl (C=O) groups excluding carboxylic acids is 1. The molecule has 0 radical (unpaired) electrons. The number of nitrogens with one attached hydrogen (secondary N) is 2. The zero-order chi connectivity index (χ0) is 18.7. The molecule has 1 amide bonds. The first-order valence-corrected chi connectivity index (χ1v) is 7.84. The lowest BCUT2D eigenvalue weighted by Crippen LogP contribution is -2.14. The van der Waals surface area contributed by atoms with Gasteiger partial charge in [-0.3, -0.25) is 4.79 Å². The maximum Gasteiger partial charge on any atom is 0.258 e. The summed E-state index contributed by atoms with van der Waals surface area (Å²) in [5.74, 6) is -1.83. The smallest absolute Gasteiger partial charge is 0.258 e. The number of anilines is 3. The van der Waals surface area contributed by atoms with E-state index in [1.165, 1.54) is 12.4 Å². The average Bonchev–Trinajstić information content (AvgIpc) is 2.57. The van der Waals surface area contributed by atoms with Gasteiger partial charge >= 0.3 is 0 Å². The number of amides is 1. The first-order chi connectivity index (χ1) is 12.4. The van der Waals surface area contributed by atoms with Gasteiger partial charge in [-0.15, -0.1) is 0 Å². The van der Waals surface area contributed by atoms with Gasteiger partial charge in [-0.05, 0) is 49.2 Å². The van der Waals surface area contributed by atoms with Crippen molar-refractivity contribution in [3.05, 3.63) is 77.1 Å². The Morgan fingerprint density at radius 2 is 1.62 bits per heavy atom. The average molecular weight is 354 g/mol. The van der Waals surface area contributed by atoms with E-state index in [2.05, 4.69) is 20.6 Å². The van der Waals surface area contributed by atoms with Gasteiger partial charge in [0.05, 0.1) is 11.3 Å². The van der Waals surface area contributed by atoms with Crippen molar-refractivity contribution in [1.29, 1.82) is 0 Å². The third kappa shape index (κ3) is 4.18. The minimum Gasteiger partial charge on any atom is -0.324 e. The van der Waals surface area contributed by atoms with Crippen LogP contribution < -0.4 is 10.6 Å². The molecule has 2 N–H and O–H groups in total. The summed E-state index contributed by atoms with van der Waals surface area (Å²) in [7, 11) is 0. The molecule has 0 saturated carbocycles. The number of carbonyl (C=O) groups is 1. The number of hydrogen-bond donors (Lipinski definition) is 2. The molecule has 0 saturated heterocycles. The van der Waals surface area contributed by atoms with Gasteiger partial charge < -0.3 is 10.6 Å². The summed E-state index contributed by atoms with van der Waals surface area (Å²) in [4.78, 5) is 20.3. The van der Waals surface area contributed by atoms with Crippen LogP contribution in [-0.2, 0) is 0 Å². The van der Waals surface area contributed by atoms with Crippen molar-refractivity contribution in [3.63, 3.8) is 0 Å². The molecule has 0 spiro atoms. The predicted octanol–water partition coefficient (Wildman–Crippen LogP) is 4.37. The Labute approximate surface area is 149 Å². The minimum atomic E-state index is -0.854. The molecule has 1 aromatic heterocycles. The highest BCUT2D eigenvalue weighted by Crippen LogP contribution is 2.18. The van der Waals surface area contributed by atoms with Crippen LogP contribution in [0.5, 0.6) is 0 Å². The molecule has 0 fully saturated rings. The Balaban J connectivity index is 1.71. The lowest BCUT2D eigenvalue weighted by molar-refractivity contribution is 0.102. The van der Waals surface area contributed by atoms with Gasteiger partial charge in [0, 0.05) is 24.1 Å². The van der Waals surface area contributed by atoms with E-state index < -0.39 is 17.5 Å². The van der Waals surface area contributed by atoms with E-state index in [4.69, 9.17) is 0 Å². The second kappa shape index (κ2) is 7.26. The van der Waals surface area contributed by atoms with Crippen LogP contribution in [0, 0.1) is 25.5 Å². The SMILES string of the molecule is Cc1cc(C)cc(Nc2ncc(C(=O)Nc3ccc(F)cc3F)cn2)c1. The summed E-state index contributed by atoms with van der Waals surface area (Å²) < 4.78 is 26.5. The fraction of sp³-hybridized carbons (Fsp3) is 0.105. The zero-order valence-corrected chi connectivity index (χ0v) is 14.2. The highest BCUT2D eigenvalue weighted by atomic mass is 19.1. The van der Waals surface area contributed by atoms with Crippen LogP contribution in [0.1, 0.15) is 21.5 Å². The normalized spacial score (nSPS) is 10.5. The zero-order valence-electron chi connectivity index (χ0n) is 14.2.